The number of nitrogens with one attached hydrogen (secondary N) is 1. The molecule has 1 aromatic carbocycles. The second-order valence-corrected chi connectivity index (χ2v) is 4.11. The van der Waals surface area contributed by atoms with Crippen LogP contribution in [0.5, 0.6) is 0 Å². The molecule has 6 heteroatoms. The van der Waals surface area contributed by atoms with Crippen molar-refractivity contribution in [2.75, 3.05) is 16.8 Å². The van der Waals surface area contributed by atoms with E-state index in [1.54, 1.807) is 12.1 Å². The second kappa shape index (κ2) is 4.93. The number of benzene rings is 1. The number of pyridine rings is 1. The van der Waals surface area contributed by atoms with Gasteiger partial charge in [0.05, 0.1) is 16.9 Å². The molecule has 0 aliphatic heterocycles. The summed E-state index contributed by atoms with van der Waals surface area (Å²) in [6.07, 6.45) is 3.01. The first-order valence-corrected chi connectivity index (χ1v) is 5.51. The summed E-state index contributed by atoms with van der Waals surface area (Å²) in [5.74, 6) is -0.344. The molecule has 0 bridgehead atoms. The Morgan fingerprint density at radius 3 is 2.50 bits per heavy atom. The van der Waals surface area contributed by atoms with E-state index in [0.29, 0.717) is 27.6 Å². The maximum absolute atomic E-state index is 12.0. The normalized spacial score (nSPS) is 10.1. The Balaban J connectivity index is 2.25. The Morgan fingerprint density at radius 2 is 1.89 bits per heavy atom. The number of nitrogens with two attached hydrogens (primary N) is 2. The lowest BCUT2D eigenvalue weighted by molar-refractivity contribution is 0.102. The Kier molecular flexibility index (Phi) is 3.34. The van der Waals surface area contributed by atoms with E-state index in [4.69, 9.17) is 23.1 Å². The van der Waals surface area contributed by atoms with Gasteiger partial charge in [0.25, 0.3) is 5.91 Å². The molecule has 0 atom stereocenters. The zero-order chi connectivity index (χ0) is 13.1. The van der Waals surface area contributed by atoms with Crippen LogP contribution in [0.1, 0.15) is 10.4 Å². The van der Waals surface area contributed by atoms with Crippen molar-refractivity contribution in [1.82, 2.24) is 4.98 Å². The molecular weight excluding hydrogens is 252 g/mol. The van der Waals surface area contributed by atoms with Gasteiger partial charge in [0.1, 0.15) is 0 Å². The van der Waals surface area contributed by atoms with E-state index in [1.807, 2.05) is 0 Å². The Morgan fingerprint density at radius 1 is 1.22 bits per heavy atom. The number of nitrogen functional groups attached to an aromatic ring is 2. The number of aromatic nitrogens is 1. The van der Waals surface area contributed by atoms with Crippen LogP contribution in [0.25, 0.3) is 0 Å². The molecule has 0 unspecified atom stereocenters. The molecule has 92 valence electrons. The van der Waals surface area contributed by atoms with Crippen molar-refractivity contribution < 1.29 is 4.79 Å². The average molecular weight is 263 g/mol. The molecule has 18 heavy (non-hydrogen) atoms. The fraction of sp³-hybridized carbons (Fsp3) is 0. The van der Waals surface area contributed by atoms with Crippen molar-refractivity contribution in [3.8, 4) is 0 Å². The third kappa shape index (κ3) is 2.70. The molecule has 0 aliphatic rings. The number of halogens is 1. The Labute approximate surface area is 109 Å². The highest BCUT2D eigenvalue weighted by Gasteiger charge is 2.09. The lowest BCUT2D eigenvalue weighted by atomic mass is 10.1. The van der Waals surface area contributed by atoms with Crippen molar-refractivity contribution in [1.29, 1.82) is 0 Å². The summed E-state index contributed by atoms with van der Waals surface area (Å²) in [6, 6.07) is 6.24. The van der Waals surface area contributed by atoms with Gasteiger partial charge >= 0.3 is 0 Å². The number of rotatable bonds is 2. The van der Waals surface area contributed by atoms with Crippen molar-refractivity contribution in [3.63, 3.8) is 0 Å². The summed E-state index contributed by atoms with van der Waals surface area (Å²) < 4.78 is 0. The zero-order valence-electron chi connectivity index (χ0n) is 9.35. The molecule has 0 saturated carbocycles. The Hall–Kier alpha value is -2.27. The molecule has 5 N–H and O–H groups in total. The maximum Gasteiger partial charge on any atom is 0.255 e. The quantitative estimate of drug-likeness (QED) is 0.723. The third-order valence-corrected chi connectivity index (χ3v) is 2.59. The van der Waals surface area contributed by atoms with Crippen LogP contribution in [0, 0.1) is 0 Å². The van der Waals surface area contributed by atoms with Gasteiger partial charge in [-0.1, -0.05) is 11.6 Å². The second-order valence-electron chi connectivity index (χ2n) is 3.70. The molecule has 1 amide bonds. The standard InChI is InChI=1S/C12H11ClN4O/c13-10-1-2-16-6-11(10)17-12(18)7-3-8(14)5-9(15)4-7/h1-6H,14-15H2,(H,17,18). The number of anilines is 3. The zero-order valence-corrected chi connectivity index (χ0v) is 10.1. The van der Waals surface area contributed by atoms with Crippen molar-refractivity contribution in [2.24, 2.45) is 0 Å². The molecular formula is C12H11ClN4O. The van der Waals surface area contributed by atoms with Crippen molar-refractivity contribution in [2.45, 2.75) is 0 Å². The van der Waals surface area contributed by atoms with Crippen LogP contribution in [0.15, 0.2) is 36.7 Å². The van der Waals surface area contributed by atoms with Crippen LogP contribution in [0.3, 0.4) is 0 Å². The van der Waals surface area contributed by atoms with E-state index < -0.39 is 0 Å². The minimum atomic E-state index is -0.344. The summed E-state index contributed by atoms with van der Waals surface area (Å²) in [6.45, 7) is 0. The predicted molar refractivity (Wildman–Crippen MR) is 72.5 cm³/mol. The summed E-state index contributed by atoms with van der Waals surface area (Å²) >= 11 is 5.91. The van der Waals surface area contributed by atoms with Crippen LogP contribution >= 0.6 is 11.6 Å². The average Bonchev–Trinajstić information content (AvgIpc) is 2.31. The number of hydrogen-bond donors (Lipinski definition) is 3. The fourth-order valence-electron chi connectivity index (χ4n) is 1.47. The van der Waals surface area contributed by atoms with Gasteiger partial charge in [0.15, 0.2) is 0 Å². The number of nitrogens with zero attached hydrogens (tertiary/aromatic N) is 1. The van der Waals surface area contributed by atoms with E-state index in [2.05, 4.69) is 10.3 Å². The largest absolute Gasteiger partial charge is 0.399 e. The van der Waals surface area contributed by atoms with Crippen molar-refractivity contribution in [3.05, 3.63) is 47.2 Å². The number of amides is 1. The smallest absolute Gasteiger partial charge is 0.255 e. The fourth-order valence-corrected chi connectivity index (χ4v) is 1.62. The molecule has 0 radical (unpaired) electrons. The molecule has 1 aromatic heterocycles. The van der Waals surface area contributed by atoms with E-state index in [9.17, 15) is 4.79 Å². The number of carbonyl (C=O) groups excluding carboxylic acids is 1. The number of hydrogen-bond acceptors (Lipinski definition) is 4. The topological polar surface area (TPSA) is 94.0 Å². The van der Waals surface area contributed by atoms with E-state index in [-0.39, 0.29) is 5.91 Å². The highest BCUT2D eigenvalue weighted by molar-refractivity contribution is 6.33. The van der Waals surface area contributed by atoms with Gasteiger partial charge in [-0.2, -0.15) is 0 Å². The van der Waals surface area contributed by atoms with Gasteiger partial charge in [-0.3, -0.25) is 9.78 Å². The first kappa shape index (κ1) is 12.2. The molecule has 0 saturated heterocycles. The SMILES string of the molecule is Nc1cc(N)cc(C(=O)Nc2cnccc2Cl)c1. The van der Waals surface area contributed by atoms with Gasteiger partial charge in [-0.15, -0.1) is 0 Å². The highest BCUT2D eigenvalue weighted by atomic mass is 35.5. The first-order chi connectivity index (χ1) is 8.56. The van der Waals surface area contributed by atoms with Crippen LogP contribution in [-0.2, 0) is 0 Å². The van der Waals surface area contributed by atoms with E-state index in [0.717, 1.165) is 0 Å². The lowest BCUT2D eigenvalue weighted by Gasteiger charge is -2.07. The molecule has 0 aliphatic carbocycles. The maximum atomic E-state index is 12.0. The number of carbonyl (C=O) groups is 1. The molecule has 2 aromatic rings. The first-order valence-electron chi connectivity index (χ1n) is 5.13. The van der Waals surface area contributed by atoms with Crippen LogP contribution < -0.4 is 16.8 Å². The predicted octanol–water partition coefficient (Wildman–Crippen LogP) is 2.15. The molecule has 0 spiro atoms. The third-order valence-electron chi connectivity index (χ3n) is 2.26. The minimum absolute atomic E-state index is 0.344. The highest BCUT2D eigenvalue weighted by Crippen LogP contribution is 2.21. The van der Waals surface area contributed by atoms with Crippen molar-refractivity contribution >= 4 is 34.6 Å². The summed E-state index contributed by atoms with van der Waals surface area (Å²) in [4.78, 5) is 15.8. The molecule has 5 nitrogen and oxygen atoms in total. The molecule has 1 heterocycles. The van der Waals surface area contributed by atoms with Crippen LogP contribution in [0.2, 0.25) is 5.02 Å². The summed E-state index contributed by atoms with van der Waals surface area (Å²) in [7, 11) is 0. The summed E-state index contributed by atoms with van der Waals surface area (Å²) in [5, 5.41) is 3.05. The van der Waals surface area contributed by atoms with E-state index >= 15 is 0 Å². The summed E-state index contributed by atoms with van der Waals surface area (Å²) in [5.41, 5.74) is 12.9. The van der Waals surface area contributed by atoms with Crippen LogP contribution in [0.4, 0.5) is 17.1 Å². The van der Waals surface area contributed by atoms with E-state index in [1.165, 1.54) is 24.5 Å². The van der Waals surface area contributed by atoms with Gasteiger partial charge in [0.2, 0.25) is 0 Å². The molecule has 2 rings (SSSR count). The van der Waals surface area contributed by atoms with Gasteiger partial charge in [0, 0.05) is 23.1 Å². The van der Waals surface area contributed by atoms with Gasteiger partial charge in [-0.25, -0.2) is 0 Å². The van der Waals surface area contributed by atoms with Crippen LogP contribution in [-0.4, -0.2) is 10.9 Å². The monoisotopic (exact) mass is 262 g/mol. The minimum Gasteiger partial charge on any atom is -0.399 e. The lowest BCUT2D eigenvalue weighted by Crippen LogP contribution is -2.13. The Bertz CT molecular complexity index is 580. The van der Waals surface area contributed by atoms with Gasteiger partial charge < -0.3 is 16.8 Å². The van der Waals surface area contributed by atoms with Gasteiger partial charge in [-0.05, 0) is 24.3 Å². The molecule has 0 fully saturated rings.